The Morgan fingerprint density at radius 2 is 1.00 bits per heavy atom. The van der Waals surface area contributed by atoms with Crippen molar-refractivity contribution in [2.45, 2.75) is 104 Å². The van der Waals surface area contributed by atoms with Gasteiger partial charge in [-0.15, -0.1) is 9.78 Å². The highest BCUT2D eigenvalue weighted by molar-refractivity contribution is 5.89. The fraction of sp³-hybridized carbons (Fsp3) is 0.533. The highest BCUT2D eigenvalue weighted by Crippen LogP contribution is 2.15. The van der Waals surface area contributed by atoms with E-state index in [9.17, 15) is 9.59 Å². The predicted molar refractivity (Wildman–Crippen MR) is 140 cm³/mol. The number of carbonyl (C=O) groups excluding carboxylic acids is 2. The summed E-state index contributed by atoms with van der Waals surface area (Å²) >= 11 is 0. The number of rotatable bonds is 18. The van der Waals surface area contributed by atoms with Gasteiger partial charge in [0.05, 0.1) is 11.1 Å². The quantitative estimate of drug-likeness (QED) is 0.0899. The normalized spacial score (nSPS) is 11.0. The van der Waals surface area contributed by atoms with E-state index in [1.54, 1.807) is 24.3 Å². The van der Waals surface area contributed by atoms with Gasteiger partial charge in [0.2, 0.25) is 6.29 Å². The van der Waals surface area contributed by atoms with Gasteiger partial charge in [-0.05, 0) is 67.5 Å². The van der Waals surface area contributed by atoms with Crippen molar-refractivity contribution in [3.63, 3.8) is 0 Å². The molecule has 0 unspecified atom stereocenters. The zero-order valence-electron chi connectivity index (χ0n) is 22.1. The summed E-state index contributed by atoms with van der Waals surface area (Å²) in [6.45, 7) is 6.44. The summed E-state index contributed by atoms with van der Waals surface area (Å²) in [7, 11) is 0. The molecule has 36 heavy (non-hydrogen) atoms. The molecular weight excluding hydrogens is 456 g/mol. The Kier molecular flexibility index (Phi) is 14.5. The van der Waals surface area contributed by atoms with Crippen LogP contribution in [-0.2, 0) is 32.4 Å². The van der Waals surface area contributed by atoms with Crippen LogP contribution in [0.5, 0.6) is 0 Å². The summed E-state index contributed by atoms with van der Waals surface area (Å²) < 4.78 is 0. The van der Waals surface area contributed by atoms with Crippen molar-refractivity contribution in [3.8, 4) is 0 Å². The van der Waals surface area contributed by atoms with Crippen LogP contribution in [0.4, 0.5) is 0 Å². The lowest BCUT2D eigenvalue weighted by Gasteiger charge is -2.15. The topological polar surface area (TPSA) is 71.1 Å². The van der Waals surface area contributed by atoms with E-state index in [0.717, 1.165) is 70.6 Å². The number of hydrogen-bond acceptors (Lipinski definition) is 6. The van der Waals surface area contributed by atoms with E-state index in [2.05, 4.69) is 20.8 Å². The van der Waals surface area contributed by atoms with Gasteiger partial charge >= 0.3 is 11.9 Å². The van der Waals surface area contributed by atoms with Crippen LogP contribution in [0, 0.1) is 0 Å². The van der Waals surface area contributed by atoms with E-state index in [0.29, 0.717) is 17.5 Å². The Balaban J connectivity index is 1.88. The highest BCUT2D eigenvalue weighted by Gasteiger charge is 2.19. The van der Waals surface area contributed by atoms with Gasteiger partial charge in [0.15, 0.2) is 0 Å². The molecule has 0 aliphatic heterocycles. The Labute approximate surface area is 216 Å². The van der Waals surface area contributed by atoms with Gasteiger partial charge < -0.3 is 0 Å². The third kappa shape index (κ3) is 11.4. The van der Waals surface area contributed by atoms with E-state index >= 15 is 0 Å². The molecule has 6 nitrogen and oxygen atoms in total. The third-order valence-electron chi connectivity index (χ3n) is 6.02. The van der Waals surface area contributed by atoms with Crippen LogP contribution in [0.2, 0.25) is 0 Å². The number of hydrogen-bond donors (Lipinski definition) is 0. The molecule has 0 radical (unpaired) electrons. The molecule has 2 rings (SSSR count). The average Bonchev–Trinajstić information content (AvgIpc) is 2.91. The van der Waals surface area contributed by atoms with Crippen molar-refractivity contribution in [2.24, 2.45) is 0 Å². The van der Waals surface area contributed by atoms with Gasteiger partial charge in [-0.1, -0.05) is 83.6 Å². The number of carbonyl (C=O) groups is 2. The Morgan fingerprint density at radius 3 is 1.42 bits per heavy atom. The Bertz CT molecular complexity index is 808. The van der Waals surface area contributed by atoms with E-state index in [-0.39, 0.29) is 0 Å². The molecule has 0 atom stereocenters. The van der Waals surface area contributed by atoms with Crippen LogP contribution in [-0.4, -0.2) is 18.2 Å². The lowest BCUT2D eigenvalue weighted by atomic mass is 10.1. The lowest BCUT2D eigenvalue weighted by molar-refractivity contribution is -0.421. The van der Waals surface area contributed by atoms with Gasteiger partial charge in [-0.25, -0.2) is 9.59 Å². The van der Waals surface area contributed by atoms with E-state index in [1.807, 2.05) is 24.3 Å². The van der Waals surface area contributed by atoms with Crippen LogP contribution in [0.1, 0.15) is 117 Å². The van der Waals surface area contributed by atoms with Gasteiger partial charge in [-0.2, -0.15) is 0 Å². The number of unbranched alkanes of at least 4 members (excludes halogenated alkanes) is 6. The molecule has 0 saturated heterocycles. The minimum absolute atomic E-state index is 0.386. The molecule has 0 spiro atoms. The molecule has 2 aromatic rings. The number of benzene rings is 2. The van der Waals surface area contributed by atoms with E-state index in [4.69, 9.17) is 19.6 Å². The zero-order valence-corrected chi connectivity index (χ0v) is 22.1. The molecule has 2 aromatic carbocycles. The van der Waals surface area contributed by atoms with Crippen molar-refractivity contribution in [1.82, 2.24) is 0 Å². The standard InChI is InChI=1S/C30H42O6/c1-4-7-10-11-12-15-28(33-35-29(31)26-20-16-24(17-21-26)13-8-5-2)34-36-30(32)27-22-18-25(19-23-27)14-9-6-3/h16-23,28H,4-15H2,1-3H3. The second-order valence-corrected chi connectivity index (χ2v) is 9.17. The van der Waals surface area contributed by atoms with Gasteiger partial charge in [-0.3, -0.25) is 9.78 Å². The van der Waals surface area contributed by atoms with Crippen LogP contribution < -0.4 is 0 Å². The minimum atomic E-state index is -1.01. The maximum absolute atomic E-state index is 12.4. The monoisotopic (exact) mass is 498 g/mol. The molecule has 198 valence electrons. The highest BCUT2D eigenvalue weighted by atomic mass is 17.3. The largest absolute Gasteiger partial charge is 0.373 e. The van der Waals surface area contributed by atoms with Gasteiger partial charge in [0.1, 0.15) is 0 Å². The van der Waals surface area contributed by atoms with E-state index < -0.39 is 18.2 Å². The third-order valence-corrected chi connectivity index (χ3v) is 6.02. The first-order chi connectivity index (χ1) is 17.6. The van der Waals surface area contributed by atoms with Crippen LogP contribution in [0.3, 0.4) is 0 Å². The summed E-state index contributed by atoms with van der Waals surface area (Å²) in [6, 6.07) is 14.6. The summed E-state index contributed by atoms with van der Waals surface area (Å²) in [5.41, 5.74) is 3.12. The molecule has 0 amide bonds. The van der Waals surface area contributed by atoms with Gasteiger partial charge in [0.25, 0.3) is 0 Å². The predicted octanol–water partition coefficient (Wildman–Crippen LogP) is 7.94. The van der Waals surface area contributed by atoms with Crippen molar-refractivity contribution >= 4 is 11.9 Å². The zero-order chi connectivity index (χ0) is 26.0. The maximum atomic E-state index is 12.4. The summed E-state index contributed by atoms with van der Waals surface area (Å²) in [6.07, 6.45) is 11.0. The second-order valence-electron chi connectivity index (χ2n) is 9.17. The molecule has 0 aliphatic rings. The Hall–Kier alpha value is -2.70. The van der Waals surface area contributed by atoms with Crippen LogP contribution in [0.15, 0.2) is 48.5 Å². The SMILES string of the molecule is CCCCCCCC(OOC(=O)c1ccc(CCCC)cc1)OOC(=O)c1ccc(CCCC)cc1. The first-order valence-electron chi connectivity index (χ1n) is 13.5. The molecule has 0 saturated carbocycles. The molecule has 0 aromatic heterocycles. The van der Waals surface area contributed by atoms with Crippen molar-refractivity contribution in [2.75, 3.05) is 0 Å². The van der Waals surface area contributed by atoms with Crippen molar-refractivity contribution in [3.05, 3.63) is 70.8 Å². The fourth-order valence-corrected chi connectivity index (χ4v) is 3.69. The average molecular weight is 499 g/mol. The maximum Gasteiger partial charge on any atom is 0.373 e. The van der Waals surface area contributed by atoms with Crippen molar-refractivity contribution < 1.29 is 29.1 Å². The summed E-state index contributed by atoms with van der Waals surface area (Å²) in [5, 5.41) is 0. The van der Waals surface area contributed by atoms with Gasteiger partial charge in [0, 0.05) is 6.42 Å². The first-order valence-corrected chi connectivity index (χ1v) is 13.5. The van der Waals surface area contributed by atoms with Crippen molar-refractivity contribution in [1.29, 1.82) is 0 Å². The Morgan fingerprint density at radius 1 is 0.583 bits per heavy atom. The summed E-state index contributed by atoms with van der Waals surface area (Å²) in [4.78, 5) is 45.5. The lowest BCUT2D eigenvalue weighted by Crippen LogP contribution is -2.22. The molecule has 0 bridgehead atoms. The fourth-order valence-electron chi connectivity index (χ4n) is 3.69. The second kappa shape index (κ2) is 17.7. The first kappa shape index (κ1) is 29.5. The molecule has 0 heterocycles. The molecular formula is C30H42O6. The minimum Gasteiger partial charge on any atom is -0.290 e. The molecule has 0 N–H and O–H groups in total. The number of aryl methyl sites for hydroxylation is 2. The van der Waals surface area contributed by atoms with E-state index in [1.165, 1.54) is 11.1 Å². The van der Waals surface area contributed by atoms with Crippen LogP contribution in [0.25, 0.3) is 0 Å². The van der Waals surface area contributed by atoms with Crippen LogP contribution >= 0.6 is 0 Å². The smallest absolute Gasteiger partial charge is 0.290 e. The molecule has 6 heteroatoms. The molecule has 0 aliphatic carbocycles. The summed E-state index contributed by atoms with van der Waals surface area (Å²) in [5.74, 6) is -1.24. The molecule has 0 fully saturated rings.